The van der Waals surface area contributed by atoms with Crippen molar-refractivity contribution in [2.75, 3.05) is 6.61 Å². The maximum absolute atomic E-state index is 9.00. The topological polar surface area (TPSA) is 20.2 Å². The second-order valence-corrected chi connectivity index (χ2v) is 4.67. The van der Waals surface area contributed by atoms with Crippen molar-refractivity contribution in [2.45, 2.75) is 9.84 Å². The van der Waals surface area contributed by atoms with E-state index in [1.54, 1.807) is 0 Å². The minimum Gasteiger partial charge on any atom is -0.396 e. The molecule has 2 rings (SSSR count). The van der Waals surface area contributed by atoms with Gasteiger partial charge in [0.15, 0.2) is 0 Å². The summed E-state index contributed by atoms with van der Waals surface area (Å²) in [4.78, 5) is 0. The van der Waals surface area contributed by atoms with E-state index in [9.17, 15) is 0 Å². The summed E-state index contributed by atoms with van der Waals surface area (Å²) in [5.74, 6) is 1.09. The van der Waals surface area contributed by atoms with E-state index >= 15 is 0 Å². The Morgan fingerprint density at radius 1 is 1.25 bits per heavy atom. The lowest BCUT2D eigenvalue weighted by atomic mass is 10.1. The van der Waals surface area contributed by atoms with Crippen LogP contribution >= 0.6 is 22.6 Å². The molecule has 1 aromatic rings. The predicted molar refractivity (Wildman–Crippen MR) is 57.6 cm³/mol. The summed E-state index contributed by atoms with van der Waals surface area (Å²) in [6, 6.07) is 10.4. The van der Waals surface area contributed by atoms with Crippen LogP contribution < -0.4 is 0 Å². The molecule has 0 amide bonds. The van der Waals surface area contributed by atoms with E-state index in [0.29, 0.717) is 22.4 Å². The first-order chi connectivity index (χ1) is 5.84. The summed E-state index contributed by atoms with van der Waals surface area (Å²) in [5, 5.41) is 9.00. The fourth-order valence-electron chi connectivity index (χ4n) is 1.65. The molecular formula is C10H11IO. The standard InChI is InChI=1S/C10H11IO/c11-10-8(6-12)9(10)7-4-2-1-3-5-7/h1-5,8-10,12H,6H2/t8-,9+,10-/m1/s1. The Morgan fingerprint density at radius 2 is 1.92 bits per heavy atom. The Kier molecular flexibility index (Phi) is 2.37. The molecule has 0 aromatic heterocycles. The second-order valence-electron chi connectivity index (χ2n) is 3.23. The molecule has 1 aromatic carbocycles. The third-order valence-electron chi connectivity index (χ3n) is 2.47. The highest BCUT2D eigenvalue weighted by atomic mass is 127. The van der Waals surface area contributed by atoms with E-state index in [1.165, 1.54) is 5.56 Å². The monoisotopic (exact) mass is 274 g/mol. The quantitative estimate of drug-likeness (QED) is 0.647. The van der Waals surface area contributed by atoms with Crippen molar-refractivity contribution in [1.82, 2.24) is 0 Å². The molecular weight excluding hydrogens is 263 g/mol. The molecule has 0 radical (unpaired) electrons. The van der Waals surface area contributed by atoms with Gasteiger partial charge in [-0.2, -0.15) is 0 Å². The first-order valence-corrected chi connectivity index (χ1v) is 5.39. The number of hydrogen-bond acceptors (Lipinski definition) is 1. The van der Waals surface area contributed by atoms with Gasteiger partial charge in [-0.15, -0.1) is 0 Å². The smallest absolute Gasteiger partial charge is 0.0475 e. The number of alkyl halides is 1. The molecule has 0 heterocycles. The number of aliphatic hydroxyl groups is 1. The molecule has 0 saturated heterocycles. The summed E-state index contributed by atoms with van der Waals surface area (Å²) in [7, 11) is 0. The number of halogens is 1. The summed E-state index contributed by atoms with van der Waals surface area (Å²) < 4.78 is 0.634. The molecule has 1 fully saturated rings. The lowest BCUT2D eigenvalue weighted by molar-refractivity contribution is 0.275. The van der Waals surface area contributed by atoms with Gasteiger partial charge in [0, 0.05) is 22.4 Å². The van der Waals surface area contributed by atoms with Crippen molar-refractivity contribution in [2.24, 2.45) is 5.92 Å². The highest BCUT2D eigenvalue weighted by Crippen LogP contribution is 2.52. The van der Waals surface area contributed by atoms with E-state index in [0.717, 1.165) is 0 Å². The molecule has 0 bridgehead atoms. The number of aliphatic hydroxyl groups excluding tert-OH is 1. The largest absolute Gasteiger partial charge is 0.396 e. The summed E-state index contributed by atoms with van der Waals surface area (Å²) in [6.07, 6.45) is 0. The molecule has 2 heteroatoms. The fraction of sp³-hybridized carbons (Fsp3) is 0.400. The lowest BCUT2D eigenvalue weighted by Gasteiger charge is -1.96. The van der Waals surface area contributed by atoms with Gasteiger partial charge in [-0.25, -0.2) is 0 Å². The summed E-state index contributed by atoms with van der Waals surface area (Å²) in [6.45, 7) is 0.327. The first kappa shape index (κ1) is 8.51. The molecule has 1 aliphatic carbocycles. The highest BCUT2D eigenvalue weighted by Gasteiger charge is 2.48. The Bertz CT molecular complexity index is 260. The molecule has 0 spiro atoms. The van der Waals surface area contributed by atoms with E-state index < -0.39 is 0 Å². The fourth-order valence-corrected chi connectivity index (χ4v) is 3.04. The van der Waals surface area contributed by atoms with Crippen molar-refractivity contribution in [1.29, 1.82) is 0 Å². The molecule has 1 saturated carbocycles. The minimum absolute atomic E-state index is 0.327. The zero-order chi connectivity index (χ0) is 8.55. The van der Waals surface area contributed by atoms with Gasteiger partial charge in [0.2, 0.25) is 0 Å². The maximum atomic E-state index is 9.00. The SMILES string of the molecule is OC[C@H]1[C@@H](I)[C@H]1c1ccccc1. The Balaban J connectivity index is 2.14. The molecule has 0 unspecified atom stereocenters. The van der Waals surface area contributed by atoms with Gasteiger partial charge in [0.1, 0.15) is 0 Å². The maximum Gasteiger partial charge on any atom is 0.0475 e. The van der Waals surface area contributed by atoms with E-state index in [1.807, 2.05) is 6.07 Å². The molecule has 1 N–H and O–H groups in total. The van der Waals surface area contributed by atoms with Crippen LogP contribution in [0.5, 0.6) is 0 Å². The van der Waals surface area contributed by atoms with Crippen LogP contribution in [0.1, 0.15) is 11.5 Å². The van der Waals surface area contributed by atoms with Crippen LogP contribution in [0, 0.1) is 5.92 Å². The summed E-state index contributed by atoms with van der Waals surface area (Å²) in [5.41, 5.74) is 1.37. The van der Waals surface area contributed by atoms with Crippen molar-refractivity contribution in [3.05, 3.63) is 35.9 Å². The first-order valence-electron chi connectivity index (χ1n) is 4.14. The molecule has 0 aliphatic heterocycles. The van der Waals surface area contributed by atoms with Gasteiger partial charge in [0.05, 0.1) is 0 Å². The van der Waals surface area contributed by atoms with Crippen molar-refractivity contribution in [3.63, 3.8) is 0 Å². The lowest BCUT2D eigenvalue weighted by Crippen LogP contribution is -1.88. The van der Waals surface area contributed by atoms with Crippen LogP contribution in [0.2, 0.25) is 0 Å². The van der Waals surface area contributed by atoms with Crippen molar-refractivity contribution >= 4 is 22.6 Å². The van der Waals surface area contributed by atoms with Crippen LogP contribution in [0.3, 0.4) is 0 Å². The van der Waals surface area contributed by atoms with Crippen molar-refractivity contribution in [3.8, 4) is 0 Å². The third kappa shape index (κ3) is 1.38. The summed E-state index contributed by atoms with van der Waals surface area (Å²) >= 11 is 2.42. The van der Waals surface area contributed by atoms with Gasteiger partial charge in [-0.1, -0.05) is 52.9 Å². The van der Waals surface area contributed by atoms with Crippen LogP contribution in [0.15, 0.2) is 30.3 Å². The van der Waals surface area contributed by atoms with E-state index in [2.05, 4.69) is 46.9 Å². The van der Waals surface area contributed by atoms with Gasteiger partial charge in [-0.3, -0.25) is 0 Å². The van der Waals surface area contributed by atoms with E-state index in [4.69, 9.17) is 5.11 Å². The Hall–Kier alpha value is -0.0900. The van der Waals surface area contributed by atoms with Crippen LogP contribution in [0.4, 0.5) is 0 Å². The highest BCUT2D eigenvalue weighted by molar-refractivity contribution is 14.1. The van der Waals surface area contributed by atoms with Gasteiger partial charge in [0.25, 0.3) is 0 Å². The Labute approximate surface area is 85.9 Å². The van der Waals surface area contributed by atoms with Crippen LogP contribution in [0.25, 0.3) is 0 Å². The van der Waals surface area contributed by atoms with Gasteiger partial charge < -0.3 is 5.11 Å². The normalized spacial score (nSPS) is 33.3. The number of rotatable bonds is 2. The predicted octanol–water partition coefficient (Wildman–Crippen LogP) is 2.20. The number of benzene rings is 1. The molecule has 64 valence electrons. The van der Waals surface area contributed by atoms with Gasteiger partial charge >= 0.3 is 0 Å². The average Bonchev–Trinajstić information content (AvgIpc) is 2.78. The third-order valence-corrected chi connectivity index (χ3v) is 4.17. The van der Waals surface area contributed by atoms with E-state index in [-0.39, 0.29) is 0 Å². The van der Waals surface area contributed by atoms with Gasteiger partial charge in [-0.05, 0) is 5.56 Å². The minimum atomic E-state index is 0.327. The molecule has 1 aliphatic rings. The average molecular weight is 274 g/mol. The Morgan fingerprint density at radius 3 is 2.42 bits per heavy atom. The molecule has 3 atom stereocenters. The molecule has 1 nitrogen and oxygen atoms in total. The number of hydrogen-bond donors (Lipinski definition) is 1. The molecule has 12 heavy (non-hydrogen) atoms. The van der Waals surface area contributed by atoms with Crippen LogP contribution in [-0.2, 0) is 0 Å². The zero-order valence-corrected chi connectivity index (χ0v) is 8.81. The van der Waals surface area contributed by atoms with Crippen molar-refractivity contribution < 1.29 is 5.11 Å². The zero-order valence-electron chi connectivity index (χ0n) is 6.65. The van der Waals surface area contributed by atoms with Crippen LogP contribution in [-0.4, -0.2) is 15.6 Å². The second kappa shape index (κ2) is 3.34.